The smallest absolute Gasteiger partial charge is 0.0541 e. The molecule has 0 bridgehead atoms. The van der Waals surface area contributed by atoms with Crippen LogP contribution >= 0.6 is 0 Å². The molecule has 6 aromatic carbocycles. The number of rotatable bonds is 6. The molecule has 45 heavy (non-hydrogen) atoms. The summed E-state index contributed by atoms with van der Waals surface area (Å²) < 4.78 is 4.70. The summed E-state index contributed by atoms with van der Waals surface area (Å²) in [5.74, 6) is 0. The van der Waals surface area contributed by atoms with Gasteiger partial charge in [-0.05, 0) is 83.8 Å². The van der Waals surface area contributed by atoms with E-state index < -0.39 is 0 Å². The largest absolute Gasteiger partial charge is 0.309 e. The van der Waals surface area contributed by atoms with Gasteiger partial charge < -0.3 is 9.13 Å². The summed E-state index contributed by atoms with van der Waals surface area (Å²) in [6, 6.07) is 52.5. The molecule has 0 aliphatic carbocycles. The van der Waals surface area contributed by atoms with Gasteiger partial charge in [-0.15, -0.1) is 0 Å². The van der Waals surface area contributed by atoms with E-state index in [4.69, 9.17) is 0 Å². The summed E-state index contributed by atoms with van der Waals surface area (Å²) >= 11 is 0. The fourth-order valence-electron chi connectivity index (χ4n) is 6.77. The quantitative estimate of drug-likeness (QED) is 0.186. The maximum absolute atomic E-state index is 4.11. The van der Waals surface area contributed by atoms with E-state index in [-0.39, 0.29) is 0 Å². The molecule has 0 aliphatic heterocycles. The van der Waals surface area contributed by atoms with Gasteiger partial charge in [0.05, 0.1) is 22.2 Å². The normalized spacial score (nSPS) is 11.7. The molecule has 2 heteroatoms. The molecule has 0 fully saturated rings. The topological polar surface area (TPSA) is 9.86 Å². The molecule has 0 atom stereocenters. The van der Waals surface area contributed by atoms with Crippen LogP contribution in [0.5, 0.6) is 0 Å². The molecule has 2 heterocycles. The molecular weight excluding hydrogens is 544 g/mol. The number of hydrogen-bond donors (Lipinski definition) is 0. The van der Waals surface area contributed by atoms with Gasteiger partial charge in [0.15, 0.2) is 0 Å². The van der Waals surface area contributed by atoms with Gasteiger partial charge in [-0.1, -0.05) is 116 Å². The Kier molecular flexibility index (Phi) is 6.54. The number of hydrogen-bond acceptors (Lipinski definition) is 0. The second-order valence-corrected chi connectivity index (χ2v) is 11.4. The second-order valence-electron chi connectivity index (χ2n) is 11.4. The Morgan fingerprint density at radius 1 is 0.467 bits per heavy atom. The predicted molar refractivity (Wildman–Crippen MR) is 193 cm³/mol. The van der Waals surface area contributed by atoms with Crippen molar-refractivity contribution in [2.75, 3.05) is 0 Å². The van der Waals surface area contributed by atoms with E-state index in [1.165, 1.54) is 55.0 Å². The summed E-state index contributed by atoms with van der Waals surface area (Å²) in [5.41, 5.74) is 13.0. The van der Waals surface area contributed by atoms with Crippen LogP contribution in [-0.4, -0.2) is 9.13 Å². The van der Waals surface area contributed by atoms with Crippen LogP contribution < -0.4 is 0 Å². The number of fused-ring (bicyclic) bond motifs is 4. The maximum atomic E-state index is 4.11. The summed E-state index contributed by atoms with van der Waals surface area (Å²) in [5, 5.41) is 3.74. The number of para-hydroxylation sites is 2. The van der Waals surface area contributed by atoms with Crippen LogP contribution in [0, 0.1) is 0 Å². The van der Waals surface area contributed by atoms with E-state index >= 15 is 0 Å². The van der Waals surface area contributed by atoms with Crippen molar-refractivity contribution in [2.45, 2.75) is 6.92 Å². The molecular formula is C43H32N2. The van der Waals surface area contributed by atoms with Crippen LogP contribution in [0.1, 0.15) is 18.2 Å². The highest BCUT2D eigenvalue weighted by atomic mass is 15.0. The van der Waals surface area contributed by atoms with E-state index in [0.29, 0.717) is 0 Å². The Bertz CT molecular complexity index is 2360. The van der Waals surface area contributed by atoms with E-state index in [1.54, 1.807) is 0 Å². The van der Waals surface area contributed by atoms with Crippen LogP contribution in [0.2, 0.25) is 0 Å². The summed E-state index contributed by atoms with van der Waals surface area (Å²) in [7, 11) is 0. The van der Waals surface area contributed by atoms with E-state index in [2.05, 4.69) is 180 Å². The third kappa shape index (κ3) is 4.42. The Labute approximate surface area is 263 Å². The monoisotopic (exact) mass is 576 g/mol. The highest BCUT2D eigenvalue weighted by molar-refractivity contribution is 6.10. The Balaban J connectivity index is 1.17. The van der Waals surface area contributed by atoms with Gasteiger partial charge in [-0.3, -0.25) is 0 Å². The SMILES string of the molecule is C=Cc1c(C=CC)n(-c2ccc(-c3ccc(-n4c5ccccc5c5cc(-c6ccccc6)ccc54)cc3)cc2)c2ccccc12. The Morgan fingerprint density at radius 3 is 1.62 bits per heavy atom. The van der Waals surface area contributed by atoms with Crippen molar-refractivity contribution >= 4 is 44.9 Å². The number of nitrogens with zero attached hydrogens (tertiary/aromatic N) is 2. The molecule has 0 aliphatic rings. The van der Waals surface area contributed by atoms with Crippen molar-refractivity contribution in [3.8, 4) is 33.6 Å². The molecule has 0 unspecified atom stereocenters. The number of aromatic nitrogens is 2. The lowest BCUT2D eigenvalue weighted by Gasteiger charge is -2.12. The van der Waals surface area contributed by atoms with Gasteiger partial charge in [-0.25, -0.2) is 0 Å². The first-order valence-corrected chi connectivity index (χ1v) is 15.4. The van der Waals surface area contributed by atoms with Crippen molar-refractivity contribution in [3.05, 3.63) is 170 Å². The molecule has 0 N–H and O–H groups in total. The van der Waals surface area contributed by atoms with Crippen molar-refractivity contribution in [3.63, 3.8) is 0 Å². The second kappa shape index (κ2) is 11.0. The fourth-order valence-corrected chi connectivity index (χ4v) is 6.77. The molecule has 0 spiro atoms. The molecule has 2 aromatic heterocycles. The van der Waals surface area contributed by atoms with Crippen molar-refractivity contribution in [2.24, 2.45) is 0 Å². The average Bonchev–Trinajstić information content (AvgIpc) is 3.61. The predicted octanol–water partition coefficient (Wildman–Crippen LogP) is 11.7. The van der Waals surface area contributed by atoms with E-state index in [9.17, 15) is 0 Å². The van der Waals surface area contributed by atoms with Crippen molar-refractivity contribution in [1.82, 2.24) is 9.13 Å². The molecule has 2 nitrogen and oxygen atoms in total. The van der Waals surface area contributed by atoms with E-state index in [1.807, 2.05) is 6.08 Å². The van der Waals surface area contributed by atoms with Gasteiger partial charge in [0.2, 0.25) is 0 Å². The van der Waals surface area contributed by atoms with Gasteiger partial charge >= 0.3 is 0 Å². The highest BCUT2D eigenvalue weighted by Crippen LogP contribution is 2.36. The molecule has 0 amide bonds. The summed E-state index contributed by atoms with van der Waals surface area (Å²) in [6.45, 7) is 6.17. The maximum Gasteiger partial charge on any atom is 0.0541 e. The lowest BCUT2D eigenvalue weighted by molar-refractivity contribution is 1.10. The fraction of sp³-hybridized carbons (Fsp3) is 0.0233. The lowest BCUT2D eigenvalue weighted by Crippen LogP contribution is -1.97. The molecule has 0 saturated heterocycles. The van der Waals surface area contributed by atoms with Crippen LogP contribution in [0.25, 0.3) is 78.5 Å². The molecule has 0 saturated carbocycles. The van der Waals surface area contributed by atoms with Crippen molar-refractivity contribution in [1.29, 1.82) is 0 Å². The molecule has 214 valence electrons. The Hall–Kier alpha value is -5.86. The number of benzene rings is 6. The van der Waals surface area contributed by atoms with Crippen LogP contribution in [0.3, 0.4) is 0 Å². The van der Waals surface area contributed by atoms with Gasteiger partial charge in [-0.2, -0.15) is 0 Å². The van der Waals surface area contributed by atoms with E-state index in [0.717, 1.165) is 22.6 Å². The summed E-state index contributed by atoms with van der Waals surface area (Å²) in [4.78, 5) is 0. The lowest BCUT2D eigenvalue weighted by atomic mass is 10.0. The molecule has 8 rings (SSSR count). The zero-order valence-electron chi connectivity index (χ0n) is 25.2. The number of allylic oxidation sites excluding steroid dienone is 1. The third-order valence-corrected chi connectivity index (χ3v) is 8.84. The molecule has 8 aromatic rings. The van der Waals surface area contributed by atoms with Crippen LogP contribution in [0.15, 0.2) is 158 Å². The summed E-state index contributed by atoms with van der Waals surface area (Å²) in [6.07, 6.45) is 6.22. The van der Waals surface area contributed by atoms with Crippen molar-refractivity contribution < 1.29 is 0 Å². The third-order valence-electron chi connectivity index (χ3n) is 8.84. The Morgan fingerprint density at radius 2 is 0.978 bits per heavy atom. The minimum Gasteiger partial charge on any atom is -0.309 e. The van der Waals surface area contributed by atoms with Gasteiger partial charge in [0.1, 0.15) is 0 Å². The minimum atomic E-state index is 1.13. The zero-order valence-corrected chi connectivity index (χ0v) is 25.2. The standard InChI is InChI=1S/C43H32N2/c1-3-12-40-36(4-2)37-15-8-10-17-41(37)44(40)34-24-19-31(20-25-34)32-21-26-35(27-22-32)45-42-18-11-9-16-38(42)39-29-33(23-28-43(39)45)30-13-6-5-7-14-30/h3-29H,2H2,1H3. The highest BCUT2D eigenvalue weighted by Gasteiger charge is 2.16. The molecule has 0 radical (unpaired) electrons. The first-order valence-electron chi connectivity index (χ1n) is 15.4. The van der Waals surface area contributed by atoms with Crippen LogP contribution in [-0.2, 0) is 0 Å². The van der Waals surface area contributed by atoms with Gasteiger partial charge in [0, 0.05) is 33.1 Å². The average molecular weight is 577 g/mol. The first-order chi connectivity index (χ1) is 22.2. The van der Waals surface area contributed by atoms with Gasteiger partial charge in [0.25, 0.3) is 0 Å². The first kappa shape index (κ1) is 26.7. The minimum absolute atomic E-state index is 1.13. The zero-order chi connectivity index (χ0) is 30.3. The van der Waals surface area contributed by atoms with Crippen LogP contribution in [0.4, 0.5) is 0 Å².